The van der Waals surface area contributed by atoms with E-state index in [-0.39, 0.29) is 18.8 Å². The second-order valence-electron chi connectivity index (χ2n) is 6.18. The molecule has 0 fully saturated rings. The van der Waals surface area contributed by atoms with Crippen molar-refractivity contribution in [3.05, 3.63) is 28.2 Å². The number of hydrogen-bond acceptors (Lipinski definition) is 11. The number of carbonyl (C=O) groups is 1. The van der Waals surface area contributed by atoms with E-state index in [9.17, 15) is 23.9 Å². The first-order valence-corrected chi connectivity index (χ1v) is 12.3. The fourth-order valence-electron chi connectivity index (χ4n) is 2.61. The molecule has 16 heteroatoms. The maximum Gasteiger partial charge on any atom is 0.481 e. The van der Waals surface area contributed by atoms with Gasteiger partial charge in [0.1, 0.15) is 23.6 Å². The third-order valence-corrected chi connectivity index (χ3v) is 7.66. The monoisotopic (exact) mass is 484 g/mol. The molecule has 2 atom stereocenters. The van der Waals surface area contributed by atoms with Gasteiger partial charge in [0.05, 0.1) is 6.61 Å². The van der Waals surface area contributed by atoms with Gasteiger partial charge in [-0.1, -0.05) is 11.8 Å². The van der Waals surface area contributed by atoms with E-state index in [0.29, 0.717) is 22.0 Å². The third kappa shape index (κ3) is 6.84. The first kappa shape index (κ1) is 24.9. The number of hydrogen-bond donors (Lipinski definition) is 5. The molecule has 2 heterocycles. The Hall–Kier alpha value is -1.34. The van der Waals surface area contributed by atoms with Gasteiger partial charge in [-0.05, 0) is 13.8 Å². The number of ketones is 1. The van der Waals surface area contributed by atoms with Gasteiger partial charge >= 0.3 is 15.6 Å². The summed E-state index contributed by atoms with van der Waals surface area (Å²) in [6.45, 7) is 2.49. The fraction of sp³-hybridized carbons (Fsp3) is 0.500. The van der Waals surface area contributed by atoms with Gasteiger partial charge in [0.25, 0.3) is 0 Å². The topological polar surface area (TPSA) is 206 Å². The van der Waals surface area contributed by atoms with E-state index in [1.807, 2.05) is 0 Å². The van der Waals surface area contributed by atoms with E-state index in [2.05, 4.69) is 18.8 Å². The van der Waals surface area contributed by atoms with Gasteiger partial charge in [-0.3, -0.25) is 9.32 Å². The van der Waals surface area contributed by atoms with Gasteiger partial charge in [0, 0.05) is 35.3 Å². The number of anilines is 1. The number of nitrogen functional groups attached to an aromatic ring is 1. The number of allylic oxidation sites excluding steroid dienone is 1. The van der Waals surface area contributed by atoms with Crippen LogP contribution in [-0.4, -0.2) is 59.0 Å². The normalized spacial score (nSPS) is 19.3. The number of rotatable bonds is 10. The molecule has 1 aliphatic rings. The van der Waals surface area contributed by atoms with Crippen LogP contribution < -0.4 is 5.73 Å². The molecule has 0 aliphatic carbocycles. The number of aromatic nitrogens is 2. The predicted octanol–water partition coefficient (Wildman–Crippen LogP) is 0.651. The number of nitrogens with zero attached hydrogens (tertiary/aromatic N) is 3. The molecule has 168 valence electrons. The number of nitrogens with two attached hydrogens (primary N) is 1. The highest BCUT2D eigenvalue weighted by atomic mass is 32.2. The minimum absolute atomic E-state index is 0.0527. The van der Waals surface area contributed by atoms with Crippen molar-refractivity contribution in [2.24, 2.45) is 0 Å². The molecule has 0 spiro atoms. The number of aliphatic hydroxyl groups excluding tert-OH is 1. The highest BCUT2D eigenvalue weighted by molar-refractivity contribution is 8.04. The van der Waals surface area contributed by atoms with E-state index in [1.54, 1.807) is 24.9 Å². The van der Waals surface area contributed by atoms with Crippen LogP contribution in [0.1, 0.15) is 24.7 Å². The average molecular weight is 484 g/mol. The molecule has 0 aromatic carbocycles. The number of aliphatic hydroxyl groups is 1. The van der Waals surface area contributed by atoms with Crippen molar-refractivity contribution < 1.29 is 42.5 Å². The van der Waals surface area contributed by atoms with Crippen molar-refractivity contribution in [1.82, 2.24) is 14.9 Å². The molecule has 0 amide bonds. The molecule has 1 aromatic heterocycles. The molecule has 30 heavy (non-hydrogen) atoms. The summed E-state index contributed by atoms with van der Waals surface area (Å²) in [5.41, 5.74) is 7.13. The molecular formula is C14H22N4O9P2S. The molecule has 6 N–H and O–H groups in total. The lowest BCUT2D eigenvalue weighted by Gasteiger charge is -2.26. The summed E-state index contributed by atoms with van der Waals surface area (Å²) in [4.78, 5) is 49.3. The Kier molecular flexibility index (Phi) is 8.19. The summed E-state index contributed by atoms with van der Waals surface area (Å²) in [5, 5.41) is 8.53. The van der Waals surface area contributed by atoms with Gasteiger partial charge in [-0.15, -0.1) is 0 Å². The van der Waals surface area contributed by atoms with Crippen molar-refractivity contribution >= 4 is 39.0 Å². The van der Waals surface area contributed by atoms with Gasteiger partial charge in [0.15, 0.2) is 5.78 Å². The van der Waals surface area contributed by atoms with E-state index >= 15 is 0 Å². The minimum atomic E-state index is -5.21. The molecular weight excluding hydrogens is 462 g/mol. The summed E-state index contributed by atoms with van der Waals surface area (Å²) in [6, 6.07) is 0. The summed E-state index contributed by atoms with van der Waals surface area (Å²) >= 11 is 1.12. The Morgan fingerprint density at radius 1 is 1.33 bits per heavy atom. The number of Topliss-reactive ketones (excluding diaryl/α,β-unsaturated/α-hetero) is 1. The van der Waals surface area contributed by atoms with E-state index in [0.717, 1.165) is 11.8 Å². The van der Waals surface area contributed by atoms with Crippen molar-refractivity contribution in [3.8, 4) is 0 Å². The van der Waals surface area contributed by atoms with Crippen LogP contribution in [0.5, 0.6) is 0 Å². The van der Waals surface area contributed by atoms with Crippen LogP contribution >= 0.6 is 27.4 Å². The van der Waals surface area contributed by atoms with Crippen molar-refractivity contribution in [1.29, 1.82) is 0 Å². The molecule has 1 aromatic rings. The second-order valence-corrected chi connectivity index (χ2v) is 10.2. The maximum atomic E-state index is 12.2. The quantitative estimate of drug-likeness (QED) is 0.289. The van der Waals surface area contributed by atoms with E-state index in [4.69, 9.17) is 15.5 Å². The number of phosphoric acid groups is 2. The lowest BCUT2D eigenvalue weighted by molar-refractivity contribution is -0.123. The zero-order valence-corrected chi connectivity index (χ0v) is 18.6. The Bertz CT molecular complexity index is 938. The zero-order valence-electron chi connectivity index (χ0n) is 16.0. The molecule has 13 nitrogen and oxygen atoms in total. The zero-order chi connectivity index (χ0) is 22.7. The number of aryl methyl sites for hydroxylation is 1. The fourth-order valence-corrected chi connectivity index (χ4v) is 5.52. The highest BCUT2D eigenvalue weighted by Gasteiger charge is 2.36. The summed E-state index contributed by atoms with van der Waals surface area (Å²) in [6.07, 6.45) is 1.59. The minimum Gasteiger partial charge on any atom is -0.388 e. The summed E-state index contributed by atoms with van der Waals surface area (Å²) < 4.78 is 30.5. The van der Waals surface area contributed by atoms with Crippen LogP contribution in [-0.2, 0) is 29.3 Å². The van der Waals surface area contributed by atoms with Crippen molar-refractivity contribution in [2.45, 2.75) is 32.2 Å². The van der Waals surface area contributed by atoms with Crippen LogP contribution in [0.4, 0.5) is 5.82 Å². The molecule has 1 aliphatic heterocycles. The SMILES string of the molecule is CC1=C(CCOP(=O)(O)OP(=O)(O)O)SC(C(=O)CO)N1Cc1cnc(C)nc1N. The second kappa shape index (κ2) is 9.86. The van der Waals surface area contributed by atoms with Crippen LogP contribution in [0.25, 0.3) is 0 Å². The van der Waals surface area contributed by atoms with Gasteiger partial charge < -0.3 is 30.4 Å². The van der Waals surface area contributed by atoms with Crippen LogP contribution in [0.15, 0.2) is 16.8 Å². The Balaban J connectivity index is 2.14. The smallest absolute Gasteiger partial charge is 0.388 e. The van der Waals surface area contributed by atoms with Crippen LogP contribution in [0.2, 0.25) is 0 Å². The predicted molar refractivity (Wildman–Crippen MR) is 106 cm³/mol. The molecule has 0 bridgehead atoms. The molecule has 2 unspecified atom stereocenters. The maximum absolute atomic E-state index is 12.2. The van der Waals surface area contributed by atoms with Gasteiger partial charge in [-0.25, -0.2) is 19.1 Å². The van der Waals surface area contributed by atoms with Crippen molar-refractivity contribution in [3.63, 3.8) is 0 Å². The Morgan fingerprint density at radius 3 is 2.57 bits per heavy atom. The molecule has 2 rings (SSSR count). The molecule has 0 radical (unpaired) electrons. The van der Waals surface area contributed by atoms with E-state index < -0.39 is 40.0 Å². The molecule has 0 saturated heterocycles. The number of thioether (sulfide) groups is 1. The first-order valence-electron chi connectivity index (χ1n) is 8.42. The third-order valence-electron chi connectivity index (χ3n) is 3.95. The number of phosphoric ester groups is 1. The molecule has 0 saturated carbocycles. The van der Waals surface area contributed by atoms with Crippen LogP contribution in [0, 0.1) is 6.92 Å². The van der Waals surface area contributed by atoms with Gasteiger partial charge in [-0.2, -0.15) is 4.31 Å². The van der Waals surface area contributed by atoms with Gasteiger partial charge in [0.2, 0.25) is 0 Å². The van der Waals surface area contributed by atoms with Crippen LogP contribution in [0.3, 0.4) is 0 Å². The Labute approximate surface area is 176 Å². The first-order chi connectivity index (χ1) is 13.8. The summed E-state index contributed by atoms with van der Waals surface area (Å²) in [7, 11) is -10.2. The average Bonchev–Trinajstić information content (AvgIpc) is 2.90. The summed E-state index contributed by atoms with van der Waals surface area (Å²) in [5.74, 6) is 0.286. The largest absolute Gasteiger partial charge is 0.481 e. The lowest BCUT2D eigenvalue weighted by atomic mass is 10.2. The van der Waals surface area contributed by atoms with E-state index in [1.165, 1.54) is 0 Å². The lowest BCUT2D eigenvalue weighted by Crippen LogP contribution is -2.35. The standard InChI is InChI=1S/C14H22N4O9P2S/c1-8-12(3-4-26-29(24,25)27-28(21,22)23)30-14(11(20)7-19)18(8)6-10-5-16-9(2)17-13(10)15/h5,14,19H,3-4,6-7H2,1-2H3,(H,24,25)(H2,15,16,17)(H2,21,22,23). The number of carbonyl (C=O) groups excluding carboxylic acids is 1. The van der Waals surface area contributed by atoms with Crippen molar-refractivity contribution in [2.75, 3.05) is 18.9 Å². The highest BCUT2D eigenvalue weighted by Crippen LogP contribution is 2.57. The Morgan fingerprint density at radius 2 is 2.00 bits per heavy atom.